The first-order valence-electron chi connectivity index (χ1n) is 6.05. The average Bonchev–Trinajstić information content (AvgIpc) is 2.77. The summed E-state index contributed by atoms with van der Waals surface area (Å²) in [6.45, 7) is 3.84. The van der Waals surface area contributed by atoms with Gasteiger partial charge in [0.25, 0.3) is 0 Å². The van der Waals surface area contributed by atoms with Crippen molar-refractivity contribution < 1.29 is 9.90 Å². The Morgan fingerprint density at radius 2 is 2.17 bits per heavy atom. The number of fused-ring (bicyclic) bond motifs is 1. The van der Waals surface area contributed by atoms with Gasteiger partial charge >= 0.3 is 5.97 Å². The fourth-order valence-corrected chi connectivity index (χ4v) is 3.11. The second-order valence-electron chi connectivity index (χ2n) is 4.40. The normalized spacial score (nSPS) is 11.9. The predicted molar refractivity (Wildman–Crippen MR) is 71.8 cm³/mol. The lowest BCUT2D eigenvalue weighted by Crippen LogP contribution is -2.32. The number of thiazole rings is 1. The molecule has 0 amide bonds. The lowest BCUT2D eigenvalue weighted by molar-refractivity contribution is -0.149. The van der Waals surface area contributed by atoms with Crippen LogP contribution in [0.2, 0.25) is 0 Å². The zero-order chi connectivity index (χ0) is 13.2. The Bertz CT molecular complexity index is 528. The summed E-state index contributed by atoms with van der Waals surface area (Å²) in [6, 6.07) is 3.75. The van der Waals surface area contributed by atoms with Crippen molar-refractivity contribution in [3.8, 4) is 0 Å². The largest absolute Gasteiger partial charge is 0.481 e. The summed E-state index contributed by atoms with van der Waals surface area (Å²) in [5.41, 5.74) is 0.150. The molecular weight excluding hydrogens is 248 g/mol. The van der Waals surface area contributed by atoms with E-state index in [9.17, 15) is 9.90 Å². The monoisotopic (exact) mass is 264 g/mol. The van der Waals surface area contributed by atoms with Crippen LogP contribution < -0.4 is 0 Å². The quantitative estimate of drug-likeness (QED) is 0.901. The highest BCUT2D eigenvalue weighted by Crippen LogP contribution is 2.33. The lowest BCUT2D eigenvalue weighted by atomic mass is 9.79. The zero-order valence-electron chi connectivity index (χ0n) is 10.5. The van der Waals surface area contributed by atoms with E-state index < -0.39 is 11.4 Å². The van der Waals surface area contributed by atoms with Crippen LogP contribution in [0.5, 0.6) is 0 Å². The van der Waals surface area contributed by atoms with E-state index in [2.05, 4.69) is 9.97 Å². The third-order valence-corrected chi connectivity index (χ3v) is 4.49. The number of carboxylic acids is 1. The number of carbonyl (C=O) groups is 1. The molecule has 0 aliphatic carbocycles. The molecule has 1 N–H and O–H groups in total. The average molecular weight is 264 g/mol. The topological polar surface area (TPSA) is 63.1 Å². The zero-order valence-corrected chi connectivity index (χ0v) is 11.3. The van der Waals surface area contributed by atoms with Gasteiger partial charge < -0.3 is 5.11 Å². The molecule has 18 heavy (non-hydrogen) atoms. The first kappa shape index (κ1) is 13.0. The van der Waals surface area contributed by atoms with Crippen molar-refractivity contribution in [3.63, 3.8) is 0 Å². The molecule has 0 fully saturated rings. The van der Waals surface area contributed by atoms with E-state index in [1.807, 2.05) is 26.0 Å². The van der Waals surface area contributed by atoms with Gasteiger partial charge in [-0.25, -0.2) is 9.97 Å². The summed E-state index contributed by atoms with van der Waals surface area (Å²) in [4.78, 5) is 21.0. The summed E-state index contributed by atoms with van der Waals surface area (Å²) in [7, 11) is 0. The van der Waals surface area contributed by atoms with Gasteiger partial charge in [0.2, 0.25) is 0 Å². The highest BCUT2D eigenvalue weighted by Gasteiger charge is 2.36. The number of aliphatic carboxylic acids is 1. The molecule has 5 heteroatoms. The molecule has 2 heterocycles. The predicted octanol–water partition coefficient (Wildman–Crippen LogP) is 3.12. The van der Waals surface area contributed by atoms with E-state index >= 15 is 0 Å². The van der Waals surface area contributed by atoms with Crippen LogP contribution in [0.4, 0.5) is 0 Å². The number of hydrogen-bond donors (Lipinski definition) is 1. The van der Waals surface area contributed by atoms with Crippen LogP contribution in [0.1, 0.15) is 31.7 Å². The van der Waals surface area contributed by atoms with E-state index in [4.69, 9.17) is 0 Å². The first-order chi connectivity index (χ1) is 8.61. The molecule has 0 aliphatic rings. The molecule has 0 bridgehead atoms. The maximum atomic E-state index is 11.5. The maximum Gasteiger partial charge on any atom is 0.310 e. The van der Waals surface area contributed by atoms with Gasteiger partial charge in [0.15, 0.2) is 0 Å². The van der Waals surface area contributed by atoms with Gasteiger partial charge in [-0.2, -0.15) is 0 Å². The molecule has 0 unspecified atom stereocenters. The summed E-state index contributed by atoms with van der Waals surface area (Å²) < 4.78 is 0. The smallest absolute Gasteiger partial charge is 0.310 e. The molecule has 4 nitrogen and oxygen atoms in total. The molecule has 96 valence electrons. The van der Waals surface area contributed by atoms with Crippen LogP contribution in [-0.4, -0.2) is 21.0 Å². The molecule has 2 aromatic rings. The van der Waals surface area contributed by atoms with E-state index in [1.54, 1.807) is 6.20 Å². The van der Waals surface area contributed by atoms with Gasteiger partial charge in [-0.05, 0) is 25.0 Å². The van der Waals surface area contributed by atoms with Crippen LogP contribution in [0.25, 0.3) is 10.3 Å². The third kappa shape index (κ3) is 2.22. The Kier molecular flexibility index (Phi) is 3.61. The third-order valence-electron chi connectivity index (χ3n) is 3.51. The van der Waals surface area contributed by atoms with E-state index in [0.29, 0.717) is 19.3 Å². The van der Waals surface area contributed by atoms with Gasteiger partial charge in [-0.1, -0.05) is 25.2 Å². The molecule has 0 atom stereocenters. The molecule has 0 saturated carbocycles. The number of aromatic nitrogens is 2. The minimum Gasteiger partial charge on any atom is -0.481 e. The van der Waals surface area contributed by atoms with Gasteiger partial charge in [0.05, 0.1) is 10.4 Å². The van der Waals surface area contributed by atoms with Crippen molar-refractivity contribution in [2.75, 3.05) is 0 Å². The molecule has 2 rings (SSSR count). The van der Waals surface area contributed by atoms with Gasteiger partial charge in [0, 0.05) is 12.6 Å². The minimum atomic E-state index is -0.736. The van der Waals surface area contributed by atoms with Gasteiger partial charge in [0.1, 0.15) is 10.3 Å². The van der Waals surface area contributed by atoms with Crippen molar-refractivity contribution in [1.29, 1.82) is 0 Å². The fourth-order valence-electron chi connectivity index (χ4n) is 2.06. The maximum absolute atomic E-state index is 11.5. The van der Waals surface area contributed by atoms with Crippen molar-refractivity contribution in [3.05, 3.63) is 23.3 Å². The molecule has 0 aromatic carbocycles. The van der Waals surface area contributed by atoms with Crippen molar-refractivity contribution in [2.45, 2.75) is 33.1 Å². The summed E-state index contributed by atoms with van der Waals surface area (Å²) in [5.74, 6) is -0.736. The second kappa shape index (κ2) is 5.02. The molecule has 0 saturated heterocycles. The van der Waals surface area contributed by atoms with Crippen LogP contribution in [0.15, 0.2) is 18.3 Å². The summed E-state index contributed by atoms with van der Waals surface area (Å²) in [5, 5.41) is 10.3. The molecule has 0 radical (unpaired) electrons. The SMILES string of the molecule is CCC(CC)(Cc1nc2cccnc2s1)C(=O)O. The van der Waals surface area contributed by atoms with Crippen LogP contribution in [0, 0.1) is 5.41 Å². The van der Waals surface area contributed by atoms with Crippen LogP contribution in [0.3, 0.4) is 0 Å². The second-order valence-corrected chi connectivity index (χ2v) is 5.47. The Morgan fingerprint density at radius 3 is 2.72 bits per heavy atom. The van der Waals surface area contributed by atoms with Crippen LogP contribution >= 0.6 is 11.3 Å². The van der Waals surface area contributed by atoms with E-state index in [1.165, 1.54) is 11.3 Å². The number of pyridine rings is 1. The number of rotatable bonds is 5. The van der Waals surface area contributed by atoms with Crippen molar-refractivity contribution in [2.24, 2.45) is 5.41 Å². The molecule has 2 aromatic heterocycles. The number of nitrogens with zero attached hydrogens (tertiary/aromatic N) is 2. The highest BCUT2D eigenvalue weighted by atomic mass is 32.1. The summed E-state index contributed by atoms with van der Waals surface area (Å²) in [6.07, 6.45) is 3.44. The molecule has 0 spiro atoms. The van der Waals surface area contributed by atoms with Gasteiger partial charge in [-0.15, -0.1) is 0 Å². The first-order valence-corrected chi connectivity index (χ1v) is 6.87. The Balaban J connectivity index is 2.34. The standard InChI is InChI=1S/C13H16N2O2S/c1-3-13(4-2,12(16)17)8-10-15-9-6-5-7-14-11(9)18-10/h5-7H,3-4,8H2,1-2H3,(H,16,17). The lowest BCUT2D eigenvalue weighted by Gasteiger charge is -2.25. The van der Waals surface area contributed by atoms with Crippen molar-refractivity contribution in [1.82, 2.24) is 9.97 Å². The van der Waals surface area contributed by atoms with Gasteiger partial charge in [-0.3, -0.25) is 4.79 Å². The Hall–Kier alpha value is -1.49. The number of carboxylic acid groups (broad SMARTS) is 1. The number of hydrogen-bond acceptors (Lipinski definition) is 4. The fraction of sp³-hybridized carbons (Fsp3) is 0.462. The highest BCUT2D eigenvalue weighted by molar-refractivity contribution is 7.18. The van der Waals surface area contributed by atoms with Crippen LogP contribution in [-0.2, 0) is 11.2 Å². The Morgan fingerprint density at radius 1 is 1.44 bits per heavy atom. The Labute approximate surface area is 110 Å². The molecule has 0 aliphatic heterocycles. The van der Waals surface area contributed by atoms with E-state index in [0.717, 1.165) is 15.4 Å². The van der Waals surface area contributed by atoms with E-state index in [-0.39, 0.29) is 0 Å². The van der Waals surface area contributed by atoms with Crippen molar-refractivity contribution >= 4 is 27.7 Å². The summed E-state index contributed by atoms with van der Waals surface area (Å²) >= 11 is 1.49. The molecular formula is C13H16N2O2S. The minimum absolute atomic E-state index is 0.482.